The van der Waals surface area contributed by atoms with Crippen molar-refractivity contribution >= 4 is 0 Å². The first-order valence-corrected chi connectivity index (χ1v) is 5.45. The van der Waals surface area contributed by atoms with Crippen LogP contribution in [-0.4, -0.2) is 32.4 Å². The van der Waals surface area contributed by atoms with E-state index in [1.165, 1.54) is 0 Å². The van der Waals surface area contributed by atoms with E-state index in [0.717, 1.165) is 31.8 Å². The van der Waals surface area contributed by atoms with Crippen LogP contribution in [-0.2, 0) is 9.47 Å². The summed E-state index contributed by atoms with van der Waals surface area (Å²) < 4.78 is 11.2. The Morgan fingerprint density at radius 2 is 2.36 bits per heavy atom. The highest BCUT2D eigenvalue weighted by Gasteiger charge is 2.25. The van der Waals surface area contributed by atoms with E-state index < -0.39 is 0 Å². The second-order valence-corrected chi connectivity index (χ2v) is 3.41. The van der Waals surface area contributed by atoms with Gasteiger partial charge in [0, 0.05) is 13.0 Å². The molecular weight excluding hydrogens is 178 g/mol. The molecule has 0 saturated carbocycles. The van der Waals surface area contributed by atoms with Gasteiger partial charge in [0.05, 0.1) is 18.8 Å². The molecule has 0 saturated heterocycles. The summed E-state index contributed by atoms with van der Waals surface area (Å²) in [5, 5.41) is 3.26. The fraction of sp³-hybridized carbons (Fsp3) is 0.818. The minimum absolute atomic E-state index is 0.211. The van der Waals surface area contributed by atoms with Crippen LogP contribution in [0.15, 0.2) is 11.8 Å². The molecule has 0 radical (unpaired) electrons. The van der Waals surface area contributed by atoms with Gasteiger partial charge in [-0.15, -0.1) is 0 Å². The molecule has 1 aliphatic heterocycles. The Bertz CT molecular complexity index is 192. The lowest BCUT2D eigenvalue weighted by atomic mass is 10.1. The van der Waals surface area contributed by atoms with Gasteiger partial charge in [0.15, 0.2) is 0 Å². The number of hydrogen-bond acceptors (Lipinski definition) is 3. The molecule has 82 valence electrons. The summed E-state index contributed by atoms with van der Waals surface area (Å²) >= 11 is 0. The molecule has 2 unspecified atom stereocenters. The Hall–Kier alpha value is -0.540. The summed E-state index contributed by atoms with van der Waals surface area (Å²) in [5.74, 6) is 1.05. The topological polar surface area (TPSA) is 30.5 Å². The zero-order valence-electron chi connectivity index (χ0n) is 9.38. The summed E-state index contributed by atoms with van der Waals surface area (Å²) in [6.45, 7) is 5.74. The molecule has 1 N–H and O–H groups in total. The van der Waals surface area contributed by atoms with Crippen molar-refractivity contribution in [2.45, 2.75) is 38.8 Å². The molecule has 0 aromatic heterocycles. The molecule has 3 heteroatoms. The highest BCUT2D eigenvalue weighted by atomic mass is 16.5. The van der Waals surface area contributed by atoms with E-state index in [2.05, 4.69) is 18.3 Å². The number of hydrogen-bond donors (Lipinski definition) is 1. The molecule has 0 spiro atoms. The van der Waals surface area contributed by atoms with Gasteiger partial charge in [0.25, 0.3) is 0 Å². The average molecular weight is 199 g/mol. The second kappa shape index (κ2) is 6.04. The molecular formula is C11H21NO2. The van der Waals surface area contributed by atoms with Crippen molar-refractivity contribution < 1.29 is 9.47 Å². The molecule has 0 aromatic rings. The van der Waals surface area contributed by atoms with E-state index >= 15 is 0 Å². The van der Waals surface area contributed by atoms with Crippen molar-refractivity contribution in [1.29, 1.82) is 0 Å². The summed E-state index contributed by atoms with van der Waals surface area (Å²) in [5.41, 5.74) is 0. The van der Waals surface area contributed by atoms with Gasteiger partial charge in [0.1, 0.15) is 5.76 Å². The molecule has 14 heavy (non-hydrogen) atoms. The van der Waals surface area contributed by atoms with E-state index in [0.29, 0.717) is 0 Å². The summed E-state index contributed by atoms with van der Waals surface area (Å²) in [7, 11) is 1.95. The maximum atomic E-state index is 5.67. The van der Waals surface area contributed by atoms with Crippen LogP contribution in [0.4, 0.5) is 0 Å². The first-order chi connectivity index (χ1) is 6.83. The first-order valence-electron chi connectivity index (χ1n) is 5.45. The van der Waals surface area contributed by atoms with Crippen LogP contribution >= 0.6 is 0 Å². The lowest BCUT2D eigenvalue weighted by Crippen LogP contribution is -2.40. The second-order valence-electron chi connectivity index (χ2n) is 3.41. The molecule has 0 aromatic carbocycles. The minimum Gasteiger partial charge on any atom is -0.496 e. The maximum absolute atomic E-state index is 5.67. The van der Waals surface area contributed by atoms with Gasteiger partial charge in [0.2, 0.25) is 0 Å². The van der Waals surface area contributed by atoms with E-state index in [1.807, 2.05) is 14.0 Å². The molecule has 3 nitrogen and oxygen atoms in total. The van der Waals surface area contributed by atoms with Crippen molar-refractivity contribution in [2.75, 3.05) is 20.3 Å². The van der Waals surface area contributed by atoms with E-state index in [4.69, 9.17) is 9.47 Å². The van der Waals surface area contributed by atoms with Crippen molar-refractivity contribution in [3.63, 3.8) is 0 Å². The van der Waals surface area contributed by atoms with E-state index in [1.54, 1.807) is 0 Å². The third-order valence-corrected chi connectivity index (χ3v) is 2.50. The van der Waals surface area contributed by atoms with Gasteiger partial charge in [-0.3, -0.25) is 0 Å². The van der Waals surface area contributed by atoms with Crippen LogP contribution < -0.4 is 5.32 Å². The lowest BCUT2D eigenvalue weighted by Gasteiger charge is -2.26. The molecule has 0 bridgehead atoms. The molecule has 1 heterocycles. The van der Waals surface area contributed by atoms with Gasteiger partial charge in [-0.25, -0.2) is 0 Å². The third kappa shape index (κ3) is 2.72. The monoisotopic (exact) mass is 199 g/mol. The van der Waals surface area contributed by atoms with Crippen LogP contribution in [0.1, 0.15) is 26.7 Å². The molecule has 0 fully saturated rings. The lowest BCUT2D eigenvalue weighted by molar-refractivity contribution is 0.0281. The summed E-state index contributed by atoms with van der Waals surface area (Å²) in [6.07, 6.45) is 4.40. The van der Waals surface area contributed by atoms with Crippen molar-refractivity contribution in [1.82, 2.24) is 5.32 Å². The molecule has 1 aliphatic rings. The zero-order valence-corrected chi connectivity index (χ0v) is 9.38. The number of likely N-dealkylation sites (N-methyl/N-ethyl adjacent to an activating group) is 1. The van der Waals surface area contributed by atoms with E-state index in [9.17, 15) is 0 Å². The molecule has 0 amide bonds. The fourth-order valence-electron chi connectivity index (χ4n) is 1.83. The smallest absolute Gasteiger partial charge is 0.112 e. The Labute approximate surface area is 86.5 Å². The highest BCUT2D eigenvalue weighted by Crippen LogP contribution is 2.19. The predicted octanol–water partition coefficient (Wildman–Crippen LogP) is 1.69. The van der Waals surface area contributed by atoms with Gasteiger partial charge >= 0.3 is 0 Å². The van der Waals surface area contributed by atoms with Crippen molar-refractivity contribution in [2.24, 2.45) is 0 Å². The van der Waals surface area contributed by atoms with Crippen molar-refractivity contribution in [3.8, 4) is 0 Å². The van der Waals surface area contributed by atoms with Crippen LogP contribution in [0, 0.1) is 0 Å². The van der Waals surface area contributed by atoms with Crippen LogP contribution in [0.3, 0.4) is 0 Å². The van der Waals surface area contributed by atoms with Gasteiger partial charge in [-0.2, -0.15) is 0 Å². The van der Waals surface area contributed by atoms with Crippen LogP contribution in [0.5, 0.6) is 0 Å². The van der Waals surface area contributed by atoms with Crippen molar-refractivity contribution in [3.05, 3.63) is 11.8 Å². The summed E-state index contributed by atoms with van der Waals surface area (Å²) in [6, 6.07) is 0.211. The predicted molar refractivity (Wildman–Crippen MR) is 57.2 cm³/mol. The standard InChI is InChI=1S/C11H21NO2/c1-4-9(13-5-2)11(12-3)10-7-6-8-14-10/h7,9,11-12H,4-6,8H2,1-3H3. The SMILES string of the molecule is CCOC(CC)C(NC)C1=CCCO1. The highest BCUT2D eigenvalue weighted by molar-refractivity contribution is 5.09. The number of rotatable bonds is 6. The van der Waals surface area contributed by atoms with Crippen LogP contribution in [0.2, 0.25) is 0 Å². The zero-order chi connectivity index (χ0) is 10.4. The Morgan fingerprint density at radius 1 is 1.57 bits per heavy atom. The molecule has 0 aliphatic carbocycles. The van der Waals surface area contributed by atoms with E-state index in [-0.39, 0.29) is 12.1 Å². The summed E-state index contributed by atoms with van der Waals surface area (Å²) in [4.78, 5) is 0. The quantitative estimate of drug-likeness (QED) is 0.706. The Kier molecular flexibility index (Phi) is 4.98. The fourth-order valence-corrected chi connectivity index (χ4v) is 1.83. The maximum Gasteiger partial charge on any atom is 0.112 e. The van der Waals surface area contributed by atoms with Crippen LogP contribution in [0.25, 0.3) is 0 Å². The number of nitrogens with one attached hydrogen (secondary N) is 1. The Morgan fingerprint density at radius 3 is 2.79 bits per heavy atom. The molecule has 1 rings (SSSR count). The normalized spacial score (nSPS) is 20.1. The van der Waals surface area contributed by atoms with Gasteiger partial charge in [-0.05, 0) is 26.5 Å². The number of ether oxygens (including phenoxy) is 2. The largest absolute Gasteiger partial charge is 0.496 e. The third-order valence-electron chi connectivity index (χ3n) is 2.50. The first kappa shape index (κ1) is 11.5. The van der Waals surface area contributed by atoms with Gasteiger partial charge < -0.3 is 14.8 Å². The van der Waals surface area contributed by atoms with Gasteiger partial charge in [-0.1, -0.05) is 6.92 Å². The molecule has 2 atom stereocenters. The Balaban J connectivity index is 2.57. The minimum atomic E-state index is 0.211. The average Bonchev–Trinajstić information content (AvgIpc) is 2.71.